The van der Waals surface area contributed by atoms with Crippen LogP contribution in [0.15, 0.2) is 0 Å². The lowest BCUT2D eigenvalue weighted by molar-refractivity contribution is -0.177. The van der Waals surface area contributed by atoms with Crippen LogP contribution in [0.5, 0.6) is 0 Å². The summed E-state index contributed by atoms with van der Waals surface area (Å²) in [6, 6.07) is 0. The third kappa shape index (κ3) is 11.2. The monoisotopic (exact) mass is 482 g/mol. The smallest absolute Gasteiger partial charge is 0.336 e. The minimum Gasteiger partial charge on any atom is -0.481 e. The molecule has 188 valence electrons. The summed E-state index contributed by atoms with van der Waals surface area (Å²) in [5, 5.41) is 63.9. The van der Waals surface area contributed by atoms with Crippen LogP contribution in [0, 0.1) is 0 Å². The number of carbonyl (C=O) groups is 6. The first-order valence-corrected chi connectivity index (χ1v) is 9.46. The number of rotatable bonds is 17. The molecule has 15 heteroatoms. The first-order chi connectivity index (χ1) is 15.1. The predicted molar refractivity (Wildman–Crippen MR) is 101 cm³/mol. The second-order valence-electron chi connectivity index (χ2n) is 7.18. The van der Waals surface area contributed by atoms with Gasteiger partial charge in [0.25, 0.3) is 0 Å². The molecule has 0 bridgehead atoms. The number of carboxylic acid groups (broad SMARTS) is 4. The van der Waals surface area contributed by atoms with Crippen LogP contribution < -0.4 is 0 Å². The van der Waals surface area contributed by atoms with E-state index in [0.717, 1.165) is 0 Å². The number of hydrogen-bond donors (Lipinski definition) is 7. The molecule has 7 N–H and O–H groups in total. The van der Waals surface area contributed by atoms with Crippen LogP contribution >= 0.6 is 0 Å². The van der Waals surface area contributed by atoms with Gasteiger partial charge in [-0.3, -0.25) is 19.2 Å². The molecule has 0 aromatic rings. The van der Waals surface area contributed by atoms with Gasteiger partial charge in [-0.05, 0) is 19.3 Å². The van der Waals surface area contributed by atoms with Crippen LogP contribution in [0.1, 0.15) is 44.9 Å². The lowest BCUT2D eigenvalue weighted by Crippen LogP contribution is -2.44. The Morgan fingerprint density at radius 3 is 1.55 bits per heavy atom. The lowest BCUT2D eigenvalue weighted by atomic mass is 9.96. The first kappa shape index (κ1) is 29.7. The zero-order chi connectivity index (χ0) is 25.8. The van der Waals surface area contributed by atoms with Crippen molar-refractivity contribution in [3.05, 3.63) is 0 Å². The van der Waals surface area contributed by atoms with Gasteiger partial charge in [0.2, 0.25) is 0 Å². The summed E-state index contributed by atoms with van der Waals surface area (Å²) in [5.41, 5.74) is -5.93. The molecule has 0 aromatic carbocycles. The highest BCUT2D eigenvalue weighted by atomic mass is 16.6. The number of ether oxygens (including phenoxy) is 2. The Morgan fingerprint density at radius 2 is 1.15 bits per heavy atom. The van der Waals surface area contributed by atoms with E-state index in [9.17, 15) is 39.0 Å². The van der Waals surface area contributed by atoms with E-state index in [4.69, 9.17) is 35.0 Å². The molecule has 0 heterocycles. The van der Waals surface area contributed by atoms with E-state index in [-0.39, 0.29) is 25.9 Å². The largest absolute Gasteiger partial charge is 0.481 e. The fourth-order valence-electron chi connectivity index (χ4n) is 2.53. The molecule has 0 amide bonds. The second kappa shape index (κ2) is 13.3. The molecule has 0 rings (SSSR count). The number of aliphatic hydroxyl groups excluding tert-OH is 1. The Bertz CT molecular complexity index is 747. The number of carboxylic acids is 4. The van der Waals surface area contributed by atoms with E-state index >= 15 is 0 Å². The standard InChI is InChI=1S/C18H26O15/c19-4-2-1-3-10(33-14(25)8-18(31,16(28)29)6-12(22)23)9-32-13(24)7-17(30,15(26)27)5-11(20)21/h10,19,30-31H,1-9H2,(H,20,21)(H,22,23)(H,26,27)(H,28,29). The second-order valence-corrected chi connectivity index (χ2v) is 7.18. The molecule has 0 saturated carbocycles. The average molecular weight is 482 g/mol. The summed E-state index contributed by atoms with van der Waals surface area (Å²) in [6.07, 6.45) is -5.96. The van der Waals surface area contributed by atoms with Crippen molar-refractivity contribution in [3.63, 3.8) is 0 Å². The molecular weight excluding hydrogens is 456 g/mol. The number of aliphatic hydroxyl groups is 3. The van der Waals surface area contributed by atoms with Gasteiger partial charge in [-0.2, -0.15) is 0 Å². The van der Waals surface area contributed by atoms with Crippen molar-refractivity contribution in [1.82, 2.24) is 0 Å². The van der Waals surface area contributed by atoms with Crippen molar-refractivity contribution in [2.24, 2.45) is 0 Å². The SMILES string of the molecule is O=C(O)CC(O)(CC(=O)OCC(CCCCO)OC(=O)CC(O)(CC(=O)O)C(=O)O)C(=O)O. The maximum atomic E-state index is 12.1. The zero-order valence-corrected chi connectivity index (χ0v) is 17.3. The van der Waals surface area contributed by atoms with Gasteiger partial charge in [0.1, 0.15) is 12.7 Å². The van der Waals surface area contributed by atoms with Crippen LogP contribution in [0.3, 0.4) is 0 Å². The van der Waals surface area contributed by atoms with Crippen molar-refractivity contribution in [2.75, 3.05) is 13.2 Å². The van der Waals surface area contributed by atoms with Gasteiger partial charge in [0, 0.05) is 6.61 Å². The molecule has 0 aliphatic rings. The average Bonchev–Trinajstić information content (AvgIpc) is 2.64. The van der Waals surface area contributed by atoms with E-state index in [0.29, 0.717) is 0 Å². The molecular formula is C18H26O15. The van der Waals surface area contributed by atoms with Gasteiger partial charge in [-0.25, -0.2) is 9.59 Å². The molecule has 0 aliphatic carbocycles. The van der Waals surface area contributed by atoms with E-state index in [2.05, 4.69) is 0 Å². The van der Waals surface area contributed by atoms with Crippen molar-refractivity contribution in [2.45, 2.75) is 62.3 Å². The Kier molecular flexibility index (Phi) is 12.0. The maximum Gasteiger partial charge on any atom is 0.336 e. The highest BCUT2D eigenvalue weighted by Gasteiger charge is 2.43. The summed E-state index contributed by atoms with van der Waals surface area (Å²) in [6.45, 7) is -0.956. The third-order valence-electron chi connectivity index (χ3n) is 4.22. The molecule has 3 unspecified atom stereocenters. The number of carbonyl (C=O) groups excluding carboxylic acids is 2. The summed E-state index contributed by atoms with van der Waals surface area (Å²) in [4.78, 5) is 67.6. The van der Waals surface area contributed by atoms with Gasteiger partial charge in [0.15, 0.2) is 11.2 Å². The molecule has 33 heavy (non-hydrogen) atoms. The van der Waals surface area contributed by atoms with E-state index in [1.54, 1.807) is 0 Å². The fraction of sp³-hybridized carbons (Fsp3) is 0.667. The van der Waals surface area contributed by atoms with Gasteiger partial charge in [-0.15, -0.1) is 0 Å². The topological polar surface area (TPSA) is 262 Å². The van der Waals surface area contributed by atoms with Gasteiger partial charge < -0.3 is 45.2 Å². The summed E-state index contributed by atoms with van der Waals surface area (Å²) >= 11 is 0. The van der Waals surface area contributed by atoms with Crippen LogP contribution in [-0.2, 0) is 38.2 Å². The fourth-order valence-corrected chi connectivity index (χ4v) is 2.53. The lowest BCUT2D eigenvalue weighted by Gasteiger charge is -2.24. The zero-order valence-electron chi connectivity index (χ0n) is 17.3. The van der Waals surface area contributed by atoms with Crippen LogP contribution in [0.2, 0.25) is 0 Å². The maximum absolute atomic E-state index is 12.1. The normalized spacial score (nSPS) is 15.4. The molecule has 0 fully saturated rings. The van der Waals surface area contributed by atoms with E-state index in [1.807, 2.05) is 0 Å². The first-order valence-electron chi connectivity index (χ1n) is 9.46. The van der Waals surface area contributed by atoms with E-state index in [1.165, 1.54) is 0 Å². The van der Waals surface area contributed by atoms with Crippen LogP contribution in [-0.4, -0.2) is 102 Å². The molecule has 15 nitrogen and oxygen atoms in total. The van der Waals surface area contributed by atoms with E-state index < -0.39 is 85.4 Å². The molecule has 0 saturated heterocycles. The number of aliphatic carboxylic acids is 4. The Hall–Kier alpha value is -3.30. The highest BCUT2D eigenvalue weighted by Crippen LogP contribution is 2.20. The van der Waals surface area contributed by atoms with Crippen molar-refractivity contribution < 1.29 is 74.0 Å². The Balaban J connectivity index is 5.19. The van der Waals surface area contributed by atoms with Crippen molar-refractivity contribution in [3.8, 4) is 0 Å². The summed E-state index contributed by atoms with van der Waals surface area (Å²) < 4.78 is 9.67. The van der Waals surface area contributed by atoms with Crippen LogP contribution in [0.4, 0.5) is 0 Å². The van der Waals surface area contributed by atoms with Gasteiger partial charge in [-0.1, -0.05) is 0 Å². The summed E-state index contributed by atoms with van der Waals surface area (Å²) in [5.74, 6) is -10.1. The molecule has 0 radical (unpaired) electrons. The highest BCUT2D eigenvalue weighted by molar-refractivity contribution is 5.89. The molecule has 3 atom stereocenters. The third-order valence-corrected chi connectivity index (χ3v) is 4.22. The Morgan fingerprint density at radius 1 is 0.697 bits per heavy atom. The number of unbranched alkanes of at least 4 members (excludes halogenated alkanes) is 1. The molecule has 0 spiro atoms. The summed E-state index contributed by atoms with van der Waals surface area (Å²) in [7, 11) is 0. The quantitative estimate of drug-likeness (QED) is 0.0870. The van der Waals surface area contributed by atoms with Crippen LogP contribution in [0.25, 0.3) is 0 Å². The minimum absolute atomic E-state index is 0.0394. The van der Waals surface area contributed by atoms with Crippen molar-refractivity contribution in [1.29, 1.82) is 0 Å². The van der Waals surface area contributed by atoms with Gasteiger partial charge >= 0.3 is 35.8 Å². The van der Waals surface area contributed by atoms with Gasteiger partial charge in [0.05, 0.1) is 25.7 Å². The van der Waals surface area contributed by atoms with Crippen molar-refractivity contribution >= 4 is 35.8 Å². The Labute approximate surface area is 186 Å². The number of hydrogen-bond acceptors (Lipinski definition) is 11. The minimum atomic E-state index is -2.97. The molecule has 0 aliphatic heterocycles. The number of esters is 2. The molecule has 0 aromatic heterocycles. The predicted octanol–water partition coefficient (Wildman–Crippen LogP) is -2.03.